The molecule has 3 heteroatoms. The zero-order chi connectivity index (χ0) is 9.85. The second-order valence-corrected chi connectivity index (χ2v) is 6.01. The quantitative estimate of drug-likeness (QED) is 0.523. The van der Waals surface area contributed by atoms with E-state index in [-0.39, 0.29) is 22.7 Å². The minimum absolute atomic E-state index is 0.228. The fourth-order valence-corrected chi connectivity index (χ4v) is 2.44. The number of ether oxygens (including phenoxy) is 1. The maximum absolute atomic E-state index is 9.83. The van der Waals surface area contributed by atoms with E-state index in [4.69, 9.17) is 16.3 Å². The van der Waals surface area contributed by atoms with Crippen LogP contribution in [0.2, 0.25) is 0 Å². The van der Waals surface area contributed by atoms with Crippen molar-refractivity contribution in [1.82, 2.24) is 0 Å². The van der Waals surface area contributed by atoms with Crippen LogP contribution in [0.3, 0.4) is 0 Å². The molecule has 1 saturated carbocycles. The van der Waals surface area contributed by atoms with Crippen LogP contribution in [-0.2, 0) is 4.74 Å². The van der Waals surface area contributed by atoms with Crippen LogP contribution in [0.5, 0.6) is 0 Å². The van der Waals surface area contributed by atoms with Gasteiger partial charge < -0.3 is 9.84 Å². The molecule has 0 aromatic rings. The number of epoxide rings is 1. The number of halogens is 1. The average molecular weight is 205 g/mol. The lowest BCUT2D eigenvalue weighted by Crippen LogP contribution is -2.41. The molecule has 4 atom stereocenters. The summed E-state index contributed by atoms with van der Waals surface area (Å²) in [6, 6.07) is 0. The Morgan fingerprint density at radius 2 is 2.08 bits per heavy atom. The minimum Gasteiger partial charge on any atom is -0.390 e. The Bertz CT molecular complexity index is 223. The van der Waals surface area contributed by atoms with Gasteiger partial charge in [-0.15, -0.1) is 11.6 Å². The van der Waals surface area contributed by atoms with Gasteiger partial charge in [-0.2, -0.15) is 0 Å². The molecule has 0 spiro atoms. The average Bonchev–Trinajstić information content (AvgIpc) is 2.60. The van der Waals surface area contributed by atoms with Crippen molar-refractivity contribution in [2.45, 2.75) is 56.3 Å². The zero-order valence-electron chi connectivity index (χ0n) is 8.38. The Kier molecular flexibility index (Phi) is 1.96. The number of hydrogen-bond donors (Lipinski definition) is 1. The van der Waals surface area contributed by atoms with E-state index in [1.54, 1.807) is 0 Å². The fourth-order valence-electron chi connectivity index (χ4n) is 2.27. The SMILES string of the molecule is CC(C)(Cl)C1CC(O)C2(C)OC2C1. The van der Waals surface area contributed by atoms with E-state index in [0.717, 1.165) is 12.8 Å². The molecule has 0 bridgehead atoms. The molecule has 1 aliphatic heterocycles. The van der Waals surface area contributed by atoms with Crippen molar-refractivity contribution < 1.29 is 9.84 Å². The molecule has 13 heavy (non-hydrogen) atoms. The van der Waals surface area contributed by atoms with Gasteiger partial charge >= 0.3 is 0 Å². The molecule has 1 saturated heterocycles. The highest BCUT2D eigenvalue weighted by atomic mass is 35.5. The predicted octanol–water partition coefficient (Wildman–Crippen LogP) is 1.93. The van der Waals surface area contributed by atoms with Gasteiger partial charge in [0.2, 0.25) is 0 Å². The molecule has 0 amide bonds. The van der Waals surface area contributed by atoms with Gasteiger partial charge in [0.25, 0.3) is 0 Å². The van der Waals surface area contributed by atoms with E-state index in [0.29, 0.717) is 5.92 Å². The third-order valence-corrected chi connectivity index (χ3v) is 3.93. The maximum atomic E-state index is 9.83. The summed E-state index contributed by atoms with van der Waals surface area (Å²) < 4.78 is 5.49. The highest BCUT2D eigenvalue weighted by Crippen LogP contribution is 2.52. The molecule has 1 N–H and O–H groups in total. The summed E-state index contributed by atoms with van der Waals surface area (Å²) in [5.74, 6) is 0.366. The van der Waals surface area contributed by atoms with Crippen LogP contribution in [0, 0.1) is 5.92 Å². The first-order chi connectivity index (χ1) is 5.84. The first kappa shape index (κ1) is 9.75. The van der Waals surface area contributed by atoms with Crippen molar-refractivity contribution in [2.75, 3.05) is 0 Å². The Balaban J connectivity index is 2.06. The van der Waals surface area contributed by atoms with Gasteiger partial charge in [0, 0.05) is 4.87 Å². The molecule has 1 aliphatic carbocycles. The molecule has 2 rings (SSSR count). The molecule has 1 heterocycles. The van der Waals surface area contributed by atoms with Gasteiger partial charge in [0.1, 0.15) is 5.60 Å². The number of alkyl halides is 1. The van der Waals surface area contributed by atoms with E-state index in [2.05, 4.69) is 0 Å². The Morgan fingerprint density at radius 3 is 2.54 bits per heavy atom. The van der Waals surface area contributed by atoms with E-state index in [9.17, 15) is 5.11 Å². The van der Waals surface area contributed by atoms with Crippen molar-refractivity contribution in [3.05, 3.63) is 0 Å². The predicted molar refractivity (Wildman–Crippen MR) is 51.9 cm³/mol. The Hall–Kier alpha value is 0.210. The van der Waals surface area contributed by atoms with Gasteiger partial charge in [0.05, 0.1) is 12.2 Å². The molecular formula is C10H17ClO2. The van der Waals surface area contributed by atoms with E-state index < -0.39 is 0 Å². The van der Waals surface area contributed by atoms with Gasteiger partial charge in [-0.25, -0.2) is 0 Å². The minimum atomic E-state index is -0.339. The summed E-state index contributed by atoms with van der Waals surface area (Å²) >= 11 is 6.24. The summed E-state index contributed by atoms with van der Waals surface area (Å²) in [7, 11) is 0. The van der Waals surface area contributed by atoms with E-state index in [1.807, 2.05) is 20.8 Å². The first-order valence-corrected chi connectivity index (χ1v) is 5.26. The highest BCUT2D eigenvalue weighted by Gasteiger charge is 2.62. The van der Waals surface area contributed by atoms with E-state index >= 15 is 0 Å². The van der Waals surface area contributed by atoms with Crippen molar-refractivity contribution in [3.63, 3.8) is 0 Å². The second-order valence-electron chi connectivity index (χ2n) is 5.04. The van der Waals surface area contributed by atoms with Crippen LogP contribution in [0.25, 0.3) is 0 Å². The smallest absolute Gasteiger partial charge is 0.118 e. The number of hydrogen-bond acceptors (Lipinski definition) is 2. The normalized spacial score (nSPS) is 50.1. The largest absolute Gasteiger partial charge is 0.390 e. The van der Waals surface area contributed by atoms with Crippen LogP contribution in [0.15, 0.2) is 0 Å². The molecule has 0 aromatic heterocycles. The van der Waals surface area contributed by atoms with Crippen molar-refractivity contribution in [3.8, 4) is 0 Å². The third kappa shape index (κ3) is 1.49. The van der Waals surface area contributed by atoms with Crippen LogP contribution in [0.1, 0.15) is 33.6 Å². The van der Waals surface area contributed by atoms with Crippen molar-refractivity contribution in [1.29, 1.82) is 0 Å². The topological polar surface area (TPSA) is 32.8 Å². The van der Waals surface area contributed by atoms with Gasteiger partial charge in [-0.3, -0.25) is 0 Å². The Morgan fingerprint density at radius 1 is 1.46 bits per heavy atom. The fraction of sp³-hybridized carbons (Fsp3) is 1.00. The molecule has 4 unspecified atom stereocenters. The summed E-state index contributed by atoms with van der Waals surface area (Å²) in [5, 5.41) is 9.83. The van der Waals surface area contributed by atoms with Gasteiger partial charge in [-0.05, 0) is 39.5 Å². The lowest BCUT2D eigenvalue weighted by molar-refractivity contribution is 0.0535. The number of fused-ring (bicyclic) bond motifs is 1. The van der Waals surface area contributed by atoms with Crippen molar-refractivity contribution in [2.24, 2.45) is 5.92 Å². The highest BCUT2D eigenvalue weighted by molar-refractivity contribution is 6.23. The molecule has 76 valence electrons. The molecule has 2 fully saturated rings. The van der Waals surface area contributed by atoms with E-state index in [1.165, 1.54) is 0 Å². The third-order valence-electron chi connectivity index (χ3n) is 3.62. The monoisotopic (exact) mass is 204 g/mol. The maximum Gasteiger partial charge on any atom is 0.118 e. The van der Waals surface area contributed by atoms with Crippen molar-refractivity contribution >= 4 is 11.6 Å². The number of rotatable bonds is 1. The first-order valence-electron chi connectivity index (χ1n) is 4.89. The van der Waals surface area contributed by atoms with Gasteiger partial charge in [-0.1, -0.05) is 0 Å². The lowest BCUT2D eigenvalue weighted by Gasteiger charge is -2.34. The summed E-state index contributed by atoms with van der Waals surface area (Å²) in [6.07, 6.45) is 1.65. The molecule has 2 aliphatic rings. The summed E-state index contributed by atoms with van der Waals surface area (Å²) in [4.78, 5) is -0.228. The lowest BCUT2D eigenvalue weighted by atomic mass is 9.75. The molecule has 2 nitrogen and oxygen atoms in total. The molecule has 0 aromatic carbocycles. The van der Waals surface area contributed by atoms with Crippen LogP contribution < -0.4 is 0 Å². The second kappa shape index (κ2) is 2.62. The summed E-state index contributed by atoms with van der Waals surface area (Å²) in [5.41, 5.74) is -0.251. The van der Waals surface area contributed by atoms with Crippen LogP contribution in [-0.4, -0.2) is 27.8 Å². The van der Waals surface area contributed by atoms with Crippen LogP contribution >= 0.6 is 11.6 Å². The zero-order valence-corrected chi connectivity index (χ0v) is 9.14. The standard InChI is InChI=1S/C10H17ClO2/c1-9(2,11)6-4-7(12)10(3)8(5-6)13-10/h6-8,12H,4-5H2,1-3H3. The Labute approximate surface area is 84.2 Å². The number of aliphatic hydroxyl groups is 1. The summed E-state index contributed by atoms with van der Waals surface area (Å²) in [6.45, 7) is 6.01. The molecular weight excluding hydrogens is 188 g/mol. The van der Waals surface area contributed by atoms with Gasteiger partial charge in [0.15, 0.2) is 0 Å². The molecule has 0 radical (unpaired) electrons. The number of aliphatic hydroxyl groups excluding tert-OH is 1. The van der Waals surface area contributed by atoms with Crippen LogP contribution in [0.4, 0.5) is 0 Å².